The predicted molar refractivity (Wildman–Crippen MR) is 91.0 cm³/mol. The lowest BCUT2D eigenvalue weighted by Gasteiger charge is -2.24. The van der Waals surface area contributed by atoms with Gasteiger partial charge in [-0.15, -0.1) is 0 Å². The molecule has 100 valence electrons. The summed E-state index contributed by atoms with van der Waals surface area (Å²) in [4.78, 5) is 0. The summed E-state index contributed by atoms with van der Waals surface area (Å²) in [6.45, 7) is 0. The van der Waals surface area contributed by atoms with Crippen molar-refractivity contribution < 1.29 is 0 Å². The van der Waals surface area contributed by atoms with Crippen LogP contribution in [0.1, 0.15) is 11.1 Å². The van der Waals surface area contributed by atoms with E-state index >= 15 is 0 Å². The van der Waals surface area contributed by atoms with Gasteiger partial charge in [0.05, 0.1) is 4.08 Å². The van der Waals surface area contributed by atoms with Gasteiger partial charge in [0.1, 0.15) is 0 Å². The first-order valence-electron chi connectivity index (χ1n) is 5.89. The highest BCUT2D eigenvalue weighted by Crippen LogP contribution is 2.33. The summed E-state index contributed by atoms with van der Waals surface area (Å²) in [6.07, 6.45) is 1.34. The van der Waals surface area contributed by atoms with Crippen LogP contribution in [0.15, 0.2) is 48.5 Å². The molecule has 0 unspecified atom stereocenters. The zero-order valence-corrected chi connectivity index (χ0v) is 13.5. The molecule has 0 aliphatic carbocycles. The molecule has 0 amide bonds. The lowest BCUT2D eigenvalue weighted by atomic mass is 10.0. The van der Waals surface area contributed by atoms with Crippen LogP contribution in [0.3, 0.4) is 0 Å². The zero-order valence-electron chi connectivity index (χ0n) is 10.2. The van der Waals surface area contributed by atoms with Crippen LogP contribution in [0, 0.1) is 0 Å². The number of thiol groups is 2. The second-order valence-corrected chi connectivity index (χ2v) is 7.40. The summed E-state index contributed by atoms with van der Waals surface area (Å²) in [5, 5.41) is 1.49. The van der Waals surface area contributed by atoms with Gasteiger partial charge in [-0.2, -0.15) is 25.3 Å². The molecule has 4 heteroatoms. The molecule has 0 aliphatic rings. The highest BCUT2D eigenvalue weighted by molar-refractivity contribution is 8.00. The Kier molecular flexibility index (Phi) is 5.13. The molecule has 2 aromatic rings. The molecular formula is C15H14Cl2S2. The summed E-state index contributed by atoms with van der Waals surface area (Å²) in [5.41, 5.74) is 2.09. The number of benzene rings is 2. The first-order valence-corrected chi connectivity index (χ1v) is 7.54. The Balaban J connectivity index is 2.15. The Morgan fingerprint density at radius 3 is 1.47 bits per heavy atom. The molecule has 2 rings (SSSR count). The third-order valence-corrected chi connectivity index (χ3v) is 4.23. The van der Waals surface area contributed by atoms with E-state index in [0.717, 1.165) is 21.2 Å². The van der Waals surface area contributed by atoms with Crippen molar-refractivity contribution in [3.8, 4) is 0 Å². The molecule has 0 atom stereocenters. The Labute approximate surface area is 134 Å². The second kappa shape index (κ2) is 6.45. The quantitative estimate of drug-likeness (QED) is 0.549. The average Bonchev–Trinajstić information content (AvgIpc) is 2.35. The Morgan fingerprint density at radius 1 is 0.737 bits per heavy atom. The summed E-state index contributed by atoms with van der Waals surface area (Å²) in [7, 11) is 0. The molecule has 0 saturated heterocycles. The van der Waals surface area contributed by atoms with Crippen molar-refractivity contribution in [1.29, 1.82) is 0 Å². The number of hydrogen-bond acceptors (Lipinski definition) is 2. The van der Waals surface area contributed by atoms with Crippen molar-refractivity contribution in [3.05, 3.63) is 69.7 Å². The SMILES string of the molecule is SC(S)(Cc1ccccc1Cl)Cc1ccccc1Cl. The molecule has 0 radical (unpaired) electrons. The Morgan fingerprint density at radius 2 is 1.11 bits per heavy atom. The standard InChI is InChI=1S/C15H14Cl2S2/c16-13-7-3-1-5-11(13)9-15(18,19)10-12-6-2-4-8-14(12)17/h1-8,18-19H,9-10H2. The van der Waals surface area contributed by atoms with Crippen LogP contribution < -0.4 is 0 Å². The van der Waals surface area contributed by atoms with Gasteiger partial charge in [0.15, 0.2) is 0 Å². The van der Waals surface area contributed by atoms with Crippen LogP contribution in [0.2, 0.25) is 10.0 Å². The van der Waals surface area contributed by atoms with Gasteiger partial charge < -0.3 is 0 Å². The third kappa shape index (κ3) is 4.35. The predicted octanol–water partition coefficient (Wildman–Crippen LogP) is 5.33. The zero-order chi connectivity index (χ0) is 13.9. The molecule has 0 aliphatic heterocycles. The van der Waals surface area contributed by atoms with E-state index in [2.05, 4.69) is 25.3 Å². The van der Waals surface area contributed by atoms with E-state index in [1.54, 1.807) is 0 Å². The van der Waals surface area contributed by atoms with E-state index < -0.39 is 4.08 Å². The topological polar surface area (TPSA) is 0 Å². The van der Waals surface area contributed by atoms with Crippen LogP contribution in [-0.2, 0) is 12.8 Å². The van der Waals surface area contributed by atoms with Crippen molar-refractivity contribution in [2.45, 2.75) is 16.9 Å². The maximum absolute atomic E-state index is 6.17. The average molecular weight is 329 g/mol. The molecule has 19 heavy (non-hydrogen) atoms. The summed E-state index contributed by atoms with van der Waals surface area (Å²) >= 11 is 21.6. The lowest BCUT2D eigenvalue weighted by molar-refractivity contribution is 0.797. The van der Waals surface area contributed by atoms with Gasteiger partial charge in [0, 0.05) is 10.0 Å². The van der Waals surface area contributed by atoms with Gasteiger partial charge in [-0.3, -0.25) is 0 Å². The number of rotatable bonds is 4. The van der Waals surface area contributed by atoms with E-state index in [4.69, 9.17) is 23.2 Å². The Bertz CT molecular complexity index is 518. The van der Waals surface area contributed by atoms with Crippen molar-refractivity contribution >= 4 is 48.5 Å². The van der Waals surface area contributed by atoms with Gasteiger partial charge in [-0.1, -0.05) is 59.6 Å². The van der Waals surface area contributed by atoms with Crippen LogP contribution in [-0.4, -0.2) is 4.08 Å². The fraction of sp³-hybridized carbons (Fsp3) is 0.200. The number of hydrogen-bond donors (Lipinski definition) is 2. The molecule has 0 bridgehead atoms. The maximum Gasteiger partial charge on any atom is 0.0633 e. The van der Waals surface area contributed by atoms with E-state index in [0.29, 0.717) is 12.8 Å². The molecule has 0 saturated carbocycles. The van der Waals surface area contributed by atoms with Crippen LogP contribution >= 0.6 is 48.5 Å². The minimum absolute atomic E-state index is 0.490. The van der Waals surface area contributed by atoms with Gasteiger partial charge >= 0.3 is 0 Å². The molecule has 0 spiro atoms. The lowest BCUT2D eigenvalue weighted by Crippen LogP contribution is -2.20. The van der Waals surface area contributed by atoms with E-state index in [1.807, 2.05) is 48.5 Å². The molecule has 0 fully saturated rings. The van der Waals surface area contributed by atoms with Gasteiger partial charge in [-0.05, 0) is 36.1 Å². The van der Waals surface area contributed by atoms with Gasteiger partial charge in [0.25, 0.3) is 0 Å². The van der Waals surface area contributed by atoms with Crippen molar-refractivity contribution in [2.24, 2.45) is 0 Å². The summed E-state index contributed by atoms with van der Waals surface area (Å²) < 4.78 is -0.490. The summed E-state index contributed by atoms with van der Waals surface area (Å²) in [6, 6.07) is 15.5. The number of halogens is 2. The molecular weight excluding hydrogens is 315 g/mol. The summed E-state index contributed by atoms with van der Waals surface area (Å²) in [5.74, 6) is 0. The molecule has 0 nitrogen and oxygen atoms in total. The first kappa shape index (κ1) is 15.1. The van der Waals surface area contributed by atoms with Gasteiger partial charge in [0.2, 0.25) is 0 Å². The van der Waals surface area contributed by atoms with Crippen molar-refractivity contribution in [3.63, 3.8) is 0 Å². The van der Waals surface area contributed by atoms with Gasteiger partial charge in [-0.25, -0.2) is 0 Å². The van der Waals surface area contributed by atoms with Crippen molar-refractivity contribution in [2.75, 3.05) is 0 Å². The maximum atomic E-state index is 6.17. The van der Waals surface area contributed by atoms with E-state index in [1.165, 1.54) is 0 Å². The normalized spacial score (nSPS) is 11.6. The highest BCUT2D eigenvalue weighted by Gasteiger charge is 2.23. The monoisotopic (exact) mass is 328 g/mol. The van der Waals surface area contributed by atoms with E-state index in [-0.39, 0.29) is 0 Å². The molecule has 0 aromatic heterocycles. The first-order chi connectivity index (χ1) is 8.98. The minimum Gasteiger partial charge on any atom is -0.161 e. The van der Waals surface area contributed by atoms with Crippen molar-refractivity contribution in [1.82, 2.24) is 0 Å². The van der Waals surface area contributed by atoms with E-state index in [9.17, 15) is 0 Å². The molecule has 0 N–H and O–H groups in total. The third-order valence-electron chi connectivity index (χ3n) is 2.86. The van der Waals surface area contributed by atoms with Crippen LogP contribution in [0.25, 0.3) is 0 Å². The Hall–Kier alpha value is -0.280. The fourth-order valence-electron chi connectivity index (χ4n) is 1.96. The van der Waals surface area contributed by atoms with Crippen LogP contribution in [0.5, 0.6) is 0 Å². The minimum atomic E-state index is -0.490. The second-order valence-electron chi connectivity index (χ2n) is 4.52. The highest BCUT2D eigenvalue weighted by atomic mass is 35.5. The smallest absolute Gasteiger partial charge is 0.0633 e. The molecule has 2 aromatic carbocycles. The fourth-order valence-corrected chi connectivity index (χ4v) is 3.04. The molecule has 0 heterocycles. The van der Waals surface area contributed by atoms with Crippen LogP contribution in [0.4, 0.5) is 0 Å². The largest absolute Gasteiger partial charge is 0.161 e.